The lowest BCUT2D eigenvalue weighted by atomic mass is 10.3. The average Bonchev–Trinajstić information content (AvgIpc) is 2.86. The van der Waals surface area contributed by atoms with Crippen molar-refractivity contribution in [2.24, 2.45) is 0 Å². The Balaban J connectivity index is 2.01. The van der Waals surface area contributed by atoms with Crippen molar-refractivity contribution in [3.63, 3.8) is 0 Å². The molecule has 0 aliphatic rings. The van der Waals surface area contributed by atoms with Gasteiger partial charge in [-0.3, -0.25) is 4.79 Å². The Morgan fingerprint density at radius 1 is 1.26 bits per heavy atom. The van der Waals surface area contributed by atoms with Crippen LogP contribution in [0, 0.1) is 6.92 Å². The molecule has 0 radical (unpaired) electrons. The smallest absolute Gasteiger partial charge is 0.340 e. The molecule has 0 atom stereocenters. The molecule has 0 aliphatic heterocycles. The lowest BCUT2D eigenvalue weighted by molar-refractivity contribution is -0.118. The molecule has 23 heavy (non-hydrogen) atoms. The van der Waals surface area contributed by atoms with E-state index in [4.69, 9.17) is 27.9 Å². The van der Waals surface area contributed by atoms with Gasteiger partial charge in [-0.25, -0.2) is 4.79 Å². The molecule has 0 unspecified atom stereocenters. The standard InChI is InChI=1S/C15H13Cl2NO4S/c1-8-5-10(15(20)21-2)14(23-8)18-13(19)7-22-12-4-3-9(16)6-11(12)17/h3-6H,7H2,1-2H3,(H,18,19). The summed E-state index contributed by atoms with van der Waals surface area (Å²) in [5, 5.41) is 3.84. The summed E-state index contributed by atoms with van der Waals surface area (Å²) >= 11 is 13.0. The van der Waals surface area contributed by atoms with E-state index in [1.807, 2.05) is 6.92 Å². The zero-order valence-corrected chi connectivity index (χ0v) is 14.6. The molecular weight excluding hydrogens is 361 g/mol. The Kier molecular flexibility index (Phi) is 5.87. The Hall–Kier alpha value is -1.76. The summed E-state index contributed by atoms with van der Waals surface area (Å²) in [6, 6.07) is 6.36. The van der Waals surface area contributed by atoms with Crippen LogP contribution < -0.4 is 10.1 Å². The summed E-state index contributed by atoms with van der Waals surface area (Å²) in [5.41, 5.74) is 0.313. The fourth-order valence-corrected chi connectivity index (χ4v) is 3.15. The highest BCUT2D eigenvalue weighted by atomic mass is 35.5. The topological polar surface area (TPSA) is 64.6 Å². The second-order valence-electron chi connectivity index (χ2n) is 4.50. The third kappa shape index (κ3) is 4.60. The number of aryl methyl sites for hydroxylation is 1. The van der Waals surface area contributed by atoms with Crippen molar-refractivity contribution in [2.45, 2.75) is 6.92 Å². The Morgan fingerprint density at radius 3 is 2.65 bits per heavy atom. The lowest BCUT2D eigenvalue weighted by Crippen LogP contribution is -2.21. The highest BCUT2D eigenvalue weighted by molar-refractivity contribution is 7.16. The molecule has 2 aromatic rings. The van der Waals surface area contributed by atoms with Crippen molar-refractivity contribution >= 4 is 51.4 Å². The molecule has 5 nitrogen and oxygen atoms in total. The molecule has 0 saturated heterocycles. The van der Waals surface area contributed by atoms with E-state index in [9.17, 15) is 9.59 Å². The first-order chi connectivity index (χ1) is 10.9. The number of carbonyl (C=O) groups excluding carboxylic acids is 2. The quantitative estimate of drug-likeness (QED) is 0.798. The van der Waals surface area contributed by atoms with Crippen molar-refractivity contribution in [1.82, 2.24) is 0 Å². The van der Waals surface area contributed by atoms with E-state index in [1.165, 1.54) is 24.5 Å². The van der Waals surface area contributed by atoms with Gasteiger partial charge in [0.25, 0.3) is 5.91 Å². The van der Waals surface area contributed by atoms with Crippen molar-refractivity contribution < 1.29 is 19.1 Å². The number of methoxy groups -OCH3 is 1. The predicted molar refractivity (Wildman–Crippen MR) is 91.0 cm³/mol. The molecule has 0 aliphatic carbocycles. The highest BCUT2D eigenvalue weighted by Gasteiger charge is 2.17. The van der Waals surface area contributed by atoms with Crippen LogP contribution in [0.3, 0.4) is 0 Å². The van der Waals surface area contributed by atoms with Gasteiger partial charge in [-0.15, -0.1) is 11.3 Å². The van der Waals surface area contributed by atoms with Crippen molar-refractivity contribution in [2.75, 3.05) is 19.0 Å². The fourth-order valence-electron chi connectivity index (χ4n) is 1.77. The maximum Gasteiger partial charge on any atom is 0.340 e. The molecule has 8 heteroatoms. The Bertz CT molecular complexity index is 745. The number of hydrogen-bond donors (Lipinski definition) is 1. The second kappa shape index (κ2) is 7.68. The summed E-state index contributed by atoms with van der Waals surface area (Å²) in [4.78, 5) is 24.5. The summed E-state index contributed by atoms with van der Waals surface area (Å²) in [6.45, 7) is 1.58. The van der Waals surface area contributed by atoms with Crippen molar-refractivity contribution in [1.29, 1.82) is 0 Å². The van der Waals surface area contributed by atoms with Crippen LogP contribution >= 0.6 is 34.5 Å². The summed E-state index contributed by atoms with van der Waals surface area (Å²) in [7, 11) is 1.28. The minimum absolute atomic E-state index is 0.251. The van der Waals surface area contributed by atoms with Gasteiger partial charge in [-0.2, -0.15) is 0 Å². The summed E-state index contributed by atoms with van der Waals surface area (Å²) < 4.78 is 10.0. The molecule has 0 saturated carbocycles. The summed E-state index contributed by atoms with van der Waals surface area (Å²) in [5.74, 6) is -0.573. The molecule has 0 spiro atoms. The molecule has 1 aromatic carbocycles. The van der Waals surface area contributed by atoms with Gasteiger partial charge in [0.15, 0.2) is 6.61 Å². The zero-order chi connectivity index (χ0) is 17.0. The number of hydrogen-bond acceptors (Lipinski definition) is 5. The molecule has 2 rings (SSSR count). The van der Waals surface area contributed by atoms with Gasteiger partial charge in [0.2, 0.25) is 0 Å². The van der Waals surface area contributed by atoms with Crippen LogP contribution in [0.5, 0.6) is 5.75 Å². The first-order valence-electron chi connectivity index (χ1n) is 6.47. The van der Waals surface area contributed by atoms with Gasteiger partial charge in [-0.05, 0) is 31.2 Å². The number of ether oxygens (including phenoxy) is 2. The maximum absolute atomic E-state index is 12.0. The van der Waals surface area contributed by atoms with Crippen LogP contribution in [0.15, 0.2) is 24.3 Å². The number of halogens is 2. The molecule has 1 N–H and O–H groups in total. The van der Waals surface area contributed by atoms with E-state index in [1.54, 1.807) is 18.2 Å². The van der Waals surface area contributed by atoms with Gasteiger partial charge in [-0.1, -0.05) is 23.2 Å². The largest absolute Gasteiger partial charge is 0.482 e. The zero-order valence-electron chi connectivity index (χ0n) is 12.3. The van der Waals surface area contributed by atoms with E-state index >= 15 is 0 Å². The number of benzene rings is 1. The SMILES string of the molecule is COC(=O)c1cc(C)sc1NC(=O)COc1ccc(Cl)cc1Cl. The van der Waals surface area contributed by atoms with Crippen molar-refractivity contribution in [3.8, 4) is 5.75 Å². The maximum atomic E-state index is 12.0. The number of esters is 1. The van der Waals surface area contributed by atoms with Gasteiger partial charge in [0.05, 0.1) is 17.7 Å². The molecule has 1 heterocycles. The molecule has 0 bridgehead atoms. The lowest BCUT2D eigenvalue weighted by Gasteiger charge is -2.09. The fraction of sp³-hybridized carbons (Fsp3) is 0.200. The first kappa shape index (κ1) is 17.6. The molecule has 1 aromatic heterocycles. The number of rotatable bonds is 5. The minimum atomic E-state index is -0.508. The average molecular weight is 374 g/mol. The van der Waals surface area contributed by atoms with E-state index in [0.29, 0.717) is 26.4 Å². The normalized spacial score (nSPS) is 10.3. The molecule has 1 amide bonds. The van der Waals surface area contributed by atoms with E-state index in [0.717, 1.165) is 4.88 Å². The van der Waals surface area contributed by atoms with Crippen LogP contribution in [-0.4, -0.2) is 25.6 Å². The van der Waals surface area contributed by atoms with Crippen LogP contribution in [0.25, 0.3) is 0 Å². The Morgan fingerprint density at radius 2 is 2.00 bits per heavy atom. The summed E-state index contributed by atoms with van der Waals surface area (Å²) in [6.07, 6.45) is 0. The van der Waals surface area contributed by atoms with Crippen LogP contribution in [-0.2, 0) is 9.53 Å². The van der Waals surface area contributed by atoms with Crippen LogP contribution in [0.4, 0.5) is 5.00 Å². The third-order valence-corrected chi connectivity index (χ3v) is 4.26. The number of carbonyl (C=O) groups is 2. The number of amides is 1. The molecule has 0 fully saturated rings. The number of thiophene rings is 1. The second-order valence-corrected chi connectivity index (χ2v) is 6.60. The van der Waals surface area contributed by atoms with Gasteiger partial charge in [0.1, 0.15) is 10.8 Å². The van der Waals surface area contributed by atoms with Gasteiger partial charge < -0.3 is 14.8 Å². The van der Waals surface area contributed by atoms with E-state index in [-0.39, 0.29) is 6.61 Å². The number of nitrogens with one attached hydrogen (secondary N) is 1. The van der Waals surface area contributed by atoms with Gasteiger partial charge >= 0.3 is 5.97 Å². The van der Waals surface area contributed by atoms with Crippen LogP contribution in [0.1, 0.15) is 15.2 Å². The molecular formula is C15H13Cl2NO4S. The van der Waals surface area contributed by atoms with E-state index < -0.39 is 11.9 Å². The molecule has 122 valence electrons. The highest BCUT2D eigenvalue weighted by Crippen LogP contribution is 2.29. The predicted octanol–water partition coefficient (Wildman–Crippen LogP) is 4.17. The monoisotopic (exact) mass is 373 g/mol. The number of anilines is 1. The Labute approximate surface area is 147 Å². The van der Waals surface area contributed by atoms with Crippen LogP contribution in [0.2, 0.25) is 10.0 Å². The first-order valence-corrected chi connectivity index (χ1v) is 8.04. The third-order valence-electron chi connectivity index (χ3n) is 2.77. The van der Waals surface area contributed by atoms with E-state index in [2.05, 4.69) is 10.1 Å². The van der Waals surface area contributed by atoms with Gasteiger partial charge in [0, 0.05) is 9.90 Å². The minimum Gasteiger partial charge on any atom is -0.482 e. The van der Waals surface area contributed by atoms with Crippen molar-refractivity contribution in [3.05, 3.63) is 44.8 Å².